The number of nitrogens with one attached hydrogen (secondary N) is 2. The second kappa shape index (κ2) is 4.65. The van der Waals surface area contributed by atoms with Gasteiger partial charge in [-0.25, -0.2) is 0 Å². The van der Waals surface area contributed by atoms with Crippen molar-refractivity contribution >= 4 is 12.2 Å². The molecule has 20 heavy (non-hydrogen) atoms. The fraction of sp³-hybridized carbons (Fsp3) is 0.182. The van der Waals surface area contributed by atoms with E-state index in [1.807, 2.05) is 0 Å². The van der Waals surface area contributed by atoms with Gasteiger partial charge in [0.15, 0.2) is 4.77 Å². The van der Waals surface area contributed by atoms with E-state index in [1.54, 1.807) is 0 Å². The first-order valence-corrected chi connectivity index (χ1v) is 5.56. The van der Waals surface area contributed by atoms with Gasteiger partial charge in [0, 0.05) is 11.8 Å². The van der Waals surface area contributed by atoms with Crippen LogP contribution in [-0.2, 0) is 12.4 Å². The Morgan fingerprint density at radius 2 is 1.35 bits per heavy atom. The molecule has 0 aliphatic carbocycles. The SMILES string of the molecule is FC(F)(F)c1cc(-c2c[nH]c(=S)[nH]2)cc(C(F)(F)F)c1. The molecule has 1 aromatic heterocycles. The largest absolute Gasteiger partial charge is 0.416 e. The van der Waals surface area contributed by atoms with Gasteiger partial charge in [-0.2, -0.15) is 26.3 Å². The molecule has 9 heteroatoms. The molecule has 0 spiro atoms. The minimum atomic E-state index is -4.87. The van der Waals surface area contributed by atoms with Gasteiger partial charge < -0.3 is 9.97 Å². The minimum Gasteiger partial charge on any atom is -0.337 e. The summed E-state index contributed by atoms with van der Waals surface area (Å²) in [5.74, 6) is 0. The molecule has 0 radical (unpaired) electrons. The molecule has 108 valence electrons. The third-order valence-electron chi connectivity index (χ3n) is 2.49. The predicted molar refractivity (Wildman–Crippen MR) is 61.4 cm³/mol. The van der Waals surface area contributed by atoms with Crippen LogP contribution in [0.3, 0.4) is 0 Å². The van der Waals surface area contributed by atoms with E-state index in [9.17, 15) is 26.3 Å². The van der Waals surface area contributed by atoms with Gasteiger partial charge in [-0.15, -0.1) is 0 Å². The van der Waals surface area contributed by atoms with Gasteiger partial charge in [0.2, 0.25) is 0 Å². The summed E-state index contributed by atoms with van der Waals surface area (Å²) in [7, 11) is 0. The molecule has 2 aromatic rings. The average molecular weight is 312 g/mol. The van der Waals surface area contributed by atoms with E-state index in [2.05, 4.69) is 22.2 Å². The molecule has 2 rings (SSSR count). The number of aromatic nitrogens is 2. The maximum Gasteiger partial charge on any atom is 0.416 e. The van der Waals surface area contributed by atoms with Crippen LogP contribution in [0.1, 0.15) is 11.1 Å². The van der Waals surface area contributed by atoms with Gasteiger partial charge in [-0.05, 0) is 30.4 Å². The van der Waals surface area contributed by atoms with Crippen LogP contribution in [0.15, 0.2) is 24.4 Å². The molecule has 2 N–H and O–H groups in total. The minimum absolute atomic E-state index is 0.0478. The first-order chi connectivity index (χ1) is 9.07. The van der Waals surface area contributed by atoms with E-state index in [-0.39, 0.29) is 22.1 Å². The summed E-state index contributed by atoms with van der Waals surface area (Å²) in [4.78, 5) is 4.95. The Labute approximate surface area is 113 Å². The molecule has 1 heterocycles. The van der Waals surface area contributed by atoms with Crippen molar-refractivity contribution in [1.82, 2.24) is 9.97 Å². The van der Waals surface area contributed by atoms with Crippen molar-refractivity contribution in [3.8, 4) is 11.3 Å². The van der Waals surface area contributed by atoms with Crippen molar-refractivity contribution in [3.63, 3.8) is 0 Å². The van der Waals surface area contributed by atoms with Crippen molar-refractivity contribution in [3.05, 3.63) is 40.3 Å². The zero-order chi connectivity index (χ0) is 15.1. The number of benzene rings is 1. The summed E-state index contributed by atoms with van der Waals surface area (Å²) >= 11 is 4.69. The number of aromatic amines is 2. The summed E-state index contributed by atoms with van der Waals surface area (Å²) < 4.78 is 76.0. The molecular weight excluding hydrogens is 306 g/mol. The molecule has 0 unspecified atom stereocenters. The van der Waals surface area contributed by atoms with Gasteiger partial charge in [0.1, 0.15) is 0 Å². The fourth-order valence-electron chi connectivity index (χ4n) is 1.60. The molecule has 0 aliphatic heterocycles. The van der Waals surface area contributed by atoms with Crippen LogP contribution in [0, 0.1) is 4.77 Å². The summed E-state index contributed by atoms with van der Waals surface area (Å²) in [5, 5.41) is 0. The number of rotatable bonds is 1. The van der Waals surface area contributed by atoms with Crippen molar-refractivity contribution in [2.24, 2.45) is 0 Å². The third-order valence-corrected chi connectivity index (χ3v) is 2.71. The molecule has 1 aromatic carbocycles. The number of imidazole rings is 1. The lowest BCUT2D eigenvalue weighted by Gasteiger charge is -2.13. The summed E-state index contributed by atoms with van der Waals surface area (Å²) in [6.07, 6.45) is -8.54. The highest BCUT2D eigenvalue weighted by Crippen LogP contribution is 2.38. The number of halogens is 6. The molecule has 0 saturated heterocycles. The molecule has 0 atom stereocenters. The quantitative estimate of drug-likeness (QED) is 0.576. The average Bonchev–Trinajstić information content (AvgIpc) is 2.73. The van der Waals surface area contributed by atoms with E-state index < -0.39 is 23.5 Å². The van der Waals surface area contributed by atoms with E-state index in [1.165, 1.54) is 6.20 Å². The van der Waals surface area contributed by atoms with Crippen LogP contribution < -0.4 is 0 Å². The van der Waals surface area contributed by atoms with Crippen LogP contribution in [0.5, 0.6) is 0 Å². The van der Waals surface area contributed by atoms with Gasteiger partial charge in [-0.3, -0.25) is 0 Å². The second-order valence-electron chi connectivity index (χ2n) is 3.95. The topological polar surface area (TPSA) is 31.6 Å². The number of H-pyrrole nitrogens is 2. The standard InChI is InChI=1S/C11H6F6N2S/c12-10(13,14)6-1-5(8-4-18-9(20)19-8)2-7(3-6)11(15,16)17/h1-4H,(H2,18,19,20). The first kappa shape index (κ1) is 14.6. The van der Waals surface area contributed by atoms with Crippen LogP contribution in [-0.4, -0.2) is 9.97 Å². The van der Waals surface area contributed by atoms with Gasteiger partial charge in [-0.1, -0.05) is 0 Å². The highest BCUT2D eigenvalue weighted by molar-refractivity contribution is 7.71. The maximum absolute atomic E-state index is 12.7. The molecule has 0 saturated carbocycles. The summed E-state index contributed by atoms with van der Waals surface area (Å²) in [5.41, 5.74) is -2.95. The van der Waals surface area contributed by atoms with Gasteiger partial charge in [0.25, 0.3) is 0 Å². The Balaban J connectivity index is 2.66. The second-order valence-corrected chi connectivity index (χ2v) is 4.36. The first-order valence-electron chi connectivity index (χ1n) is 5.15. The third kappa shape index (κ3) is 3.03. The lowest BCUT2D eigenvalue weighted by Crippen LogP contribution is -2.11. The van der Waals surface area contributed by atoms with Crippen molar-refractivity contribution in [2.45, 2.75) is 12.4 Å². The molecule has 0 amide bonds. The Morgan fingerprint density at radius 3 is 1.70 bits per heavy atom. The van der Waals surface area contributed by atoms with Crippen LogP contribution in [0.2, 0.25) is 0 Å². The number of alkyl halides is 6. The Kier molecular flexibility index (Phi) is 3.41. The Hall–Kier alpha value is -1.77. The van der Waals surface area contributed by atoms with Crippen molar-refractivity contribution in [2.75, 3.05) is 0 Å². The molecule has 0 bridgehead atoms. The molecule has 0 fully saturated rings. The lowest BCUT2D eigenvalue weighted by molar-refractivity contribution is -0.143. The number of hydrogen-bond donors (Lipinski definition) is 2. The number of hydrogen-bond acceptors (Lipinski definition) is 1. The van der Waals surface area contributed by atoms with Crippen LogP contribution in [0.25, 0.3) is 11.3 Å². The highest BCUT2D eigenvalue weighted by Gasteiger charge is 2.37. The lowest BCUT2D eigenvalue weighted by atomic mass is 10.0. The van der Waals surface area contributed by atoms with E-state index >= 15 is 0 Å². The highest BCUT2D eigenvalue weighted by atomic mass is 32.1. The van der Waals surface area contributed by atoms with E-state index in [4.69, 9.17) is 0 Å². The van der Waals surface area contributed by atoms with E-state index in [0.717, 1.165) is 0 Å². The van der Waals surface area contributed by atoms with Gasteiger partial charge in [0.05, 0.1) is 16.8 Å². The van der Waals surface area contributed by atoms with Crippen molar-refractivity contribution in [1.29, 1.82) is 0 Å². The smallest absolute Gasteiger partial charge is 0.337 e. The molecule has 0 aliphatic rings. The fourth-order valence-corrected chi connectivity index (χ4v) is 1.77. The van der Waals surface area contributed by atoms with Gasteiger partial charge >= 0.3 is 12.4 Å². The summed E-state index contributed by atoms with van der Waals surface area (Å²) in [6.45, 7) is 0. The normalized spacial score (nSPS) is 12.7. The van der Waals surface area contributed by atoms with E-state index in [0.29, 0.717) is 12.1 Å². The zero-order valence-corrected chi connectivity index (χ0v) is 10.3. The summed E-state index contributed by atoms with van der Waals surface area (Å²) in [6, 6.07) is 1.33. The molecular formula is C11H6F6N2S. The Bertz CT molecular complexity index is 647. The molecule has 2 nitrogen and oxygen atoms in total. The van der Waals surface area contributed by atoms with Crippen LogP contribution in [0.4, 0.5) is 26.3 Å². The van der Waals surface area contributed by atoms with Crippen LogP contribution >= 0.6 is 12.2 Å². The maximum atomic E-state index is 12.7. The predicted octanol–water partition coefficient (Wildman–Crippen LogP) is 4.78. The Morgan fingerprint density at radius 1 is 0.850 bits per heavy atom. The zero-order valence-electron chi connectivity index (χ0n) is 9.49. The monoisotopic (exact) mass is 312 g/mol. The van der Waals surface area contributed by atoms with Crippen molar-refractivity contribution < 1.29 is 26.3 Å².